The van der Waals surface area contributed by atoms with Crippen molar-refractivity contribution in [3.05, 3.63) is 0 Å². The van der Waals surface area contributed by atoms with Crippen molar-refractivity contribution >= 4 is 0 Å². The van der Waals surface area contributed by atoms with Crippen LogP contribution >= 0.6 is 0 Å². The molecule has 2 N–H and O–H groups in total. The summed E-state index contributed by atoms with van der Waals surface area (Å²) in [6.07, 6.45) is -4.21. The van der Waals surface area contributed by atoms with Gasteiger partial charge in [0.15, 0.2) is 12.1 Å². The number of rotatable bonds is 2. The number of aliphatic hydroxyl groups is 2. The lowest BCUT2D eigenvalue weighted by molar-refractivity contribution is -0.225. The fraction of sp³-hybridized carbons (Fsp3) is 0.900. The molecule has 2 aliphatic rings. The molecule has 0 aromatic carbocycles. The van der Waals surface area contributed by atoms with E-state index in [1.807, 2.05) is 6.07 Å². The van der Waals surface area contributed by atoms with Crippen molar-refractivity contribution in [2.45, 2.75) is 56.8 Å². The Bertz CT molecular complexity index is 313. The van der Waals surface area contributed by atoms with Gasteiger partial charge in [-0.25, -0.2) is 0 Å². The van der Waals surface area contributed by atoms with Crippen LogP contribution in [0, 0.1) is 11.3 Å². The van der Waals surface area contributed by atoms with Crippen LogP contribution in [0.25, 0.3) is 0 Å². The summed E-state index contributed by atoms with van der Waals surface area (Å²) in [7, 11) is 0. The van der Waals surface area contributed by atoms with Gasteiger partial charge < -0.3 is 24.4 Å². The average molecular weight is 229 g/mol. The molecule has 2 heterocycles. The Morgan fingerprint density at radius 1 is 1.44 bits per heavy atom. The molecule has 0 radical (unpaired) electrons. The number of nitriles is 1. The second kappa shape index (κ2) is 3.95. The fourth-order valence-electron chi connectivity index (χ4n) is 2.04. The lowest BCUT2D eigenvalue weighted by Crippen LogP contribution is -2.40. The van der Waals surface area contributed by atoms with E-state index in [1.54, 1.807) is 13.8 Å². The molecule has 0 unspecified atom stereocenters. The summed E-state index contributed by atoms with van der Waals surface area (Å²) in [4.78, 5) is 0. The van der Waals surface area contributed by atoms with Crippen LogP contribution in [0.3, 0.4) is 0 Å². The molecule has 2 fully saturated rings. The molecule has 0 saturated carbocycles. The minimum Gasteiger partial charge on any atom is -0.389 e. The highest BCUT2D eigenvalue weighted by atomic mass is 16.8. The summed E-state index contributed by atoms with van der Waals surface area (Å²) < 4.78 is 16.2. The average Bonchev–Trinajstić information content (AvgIpc) is 2.62. The van der Waals surface area contributed by atoms with Gasteiger partial charge in [-0.05, 0) is 13.8 Å². The van der Waals surface area contributed by atoms with Crippen molar-refractivity contribution in [3.8, 4) is 6.07 Å². The van der Waals surface area contributed by atoms with Crippen LogP contribution in [0.2, 0.25) is 0 Å². The van der Waals surface area contributed by atoms with E-state index in [2.05, 4.69) is 0 Å². The van der Waals surface area contributed by atoms with Crippen LogP contribution in [-0.4, -0.2) is 46.7 Å². The maximum absolute atomic E-state index is 9.89. The predicted molar refractivity (Wildman–Crippen MR) is 50.9 cm³/mol. The molecule has 5 atom stereocenters. The van der Waals surface area contributed by atoms with E-state index in [4.69, 9.17) is 19.5 Å². The zero-order chi connectivity index (χ0) is 11.9. The molecule has 90 valence electrons. The summed E-state index contributed by atoms with van der Waals surface area (Å²) in [5.41, 5.74) is 0. The second-order valence-corrected chi connectivity index (χ2v) is 4.49. The Morgan fingerprint density at radius 3 is 2.69 bits per heavy atom. The highest BCUT2D eigenvalue weighted by molar-refractivity contribution is 4.97. The van der Waals surface area contributed by atoms with E-state index in [9.17, 15) is 10.2 Å². The lowest BCUT2D eigenvalue weighted by Gasteiger charge is -2.24. The monoisotopic (exact) mass is 229 g/mol. The van der Waals surface area contributed by atoms with Crippen molar-refractivity contribution in [2.75, 3.05) is 0 Å². The highest BCUT2D eigenvalue weighted by Crippen LogP contribution is 2.38. The number of hydrogen-bond acceptors (Lipinski definition) is 6. The van der Waals surface area contributed by atoms with Gasteiger partial charge in [0.2, 0.25) is 0 Å². The molecule has 2 saturated heterocycles. The van der Waals surface area contributed by atoms with Crippen LogP contribution < -0.4 is 0 Å². The third-order valence-corrected chi connectivity index (χ3v) is 2.73. The largest absolute Gasteiger partial charge is 0.389 e. The maximum atomic E-state index is 9.89. The molecule has 2 rings (SSSR count). The second-order valence-electron chi connectivity index (χ2n) is 4.49. The summed E-state index contributed by atoms with van der Waals surface area (Å²) in [6.45, 7) is 3.45. The first-order valence-electron chi connectivity index (χ1n) is 5.19. The van der Waals surface area contributed by atoms with Crippen LogP contribution in [-0.2, 0) is 14.2 Å². The highest BCUT2D eigenvalue weighted by Gasteiger charge is 2.55. The van der Waals surface area contributed by atoms with Crippen molar-refractivity contribution < 1.29 is 24.4 Å². The molecule has 0 spiro atoms. The van der Waals surface area contributed by atoms with Gasteiger partial charge in [0.25, 0.3) is 0 Å². The molecule has 0 amide bonds. The van der Waals surface area contributed by atoms with E-state index in [0.717, 1.165) is 0 Å². The number of aliphatic hydroxyl groups excluding tert-OH is 2. The third kappa shape index (κ3) is 1.93. The van der Waals surface area contributed by atoms with Crippen LogP contribution in [0.4, 0.5) is 0 Å². The zero-order valence-electron chi connectivity index (χ0n) is 9.16. The molecular formula is C10H15NO5. The van der Waals surface area contributed by atoms with Crippen molar-refractivity contribution in [2.24, 2.45) is 0 Å². The Morgan fingerprint density at radius 2 is 2.12 bits per heavy atom. The third-order valence-electron chi connectivity index (χ3n) is 2.73. The van der Waals surface area contributed by atoms with Crippen LogP contribution in [0.15, 0.2) is 0 Å². The zero-order valence-corrected chi connectivity index (χ0v) is 9.16. The Kier molecular flexibility index (Phi) is 2.90. The van der Waals surface area contributed by atoms with E-state index in [0.29, 0.717) is 0 Å². The molecule has 6 nitrogen and oxygen atoms in total. The minimum atomic E-state index is -1.03. The lowest BCUT2D eigenvalue weighted by atomic mass is 10.0. The van der Waals surface area contributed by atoms with E-state index in [1.165, 1.54) is 0 Å². The molecule has 2 aliphatic heterocycles. The maximum Gasteiger partial charge on any atom is 0.190 e. The summed E-state index contributed by atoms with van der Waals surface area (Å²) in [5, 5.41) is 27.9. The fourth-order valence-corrected chi connectivity index (χ4v) is 2.04. The van der Waals surface area contributed by atoms with Gasteiger partial charge in [0, 0.05) is 0 Å². The van der Waals surface area contributed by atoms with Gasteiger partial charge >= 0.3 is 0 Å². The standard InChI is InChI=1S/C10H15NO5/c1-10(2)15-8-6(13)7(5(12)3-4-11)14-9(8)16-10/h5-9,12-13H,3H2,1-2H3/t5-,6+,7-,8-,9-/m1/s1. The first kappa shape index (κ1) is 11.8. The molecule has 6 heteroatoms. The normalized spacial score (nSPS) is 42.7. The summed E-state index contributed by atoms with van der Waals surface area (Å²) >= 11 is 0. The van der Waals surface area contributed by atoms with Gasteiger partial charge in [-0.15, -0.1) is 0 Å². The van der Waals surface area contributed by atoms with Gasteiger partial charge in [0.1, 0.15) is 18.3 Å². The van der Waals surface area contributed by atoms with Crippen molar-refractivity contribution in [1.29, 1.82) is 5.26 Å². The van der Waals surface area contributed by atoms with Crippen molar-refractivity contribution in [1.82, 2.24) is 0 Å². The van der Waals surface area contributed by atoms with E-state index >= 15 is 0 Å². The Hall–Kier alpha value is -0.710. The molecule has 0 aromatic heterocycles. The first-order chi connectivity index (χ1) is 7.44. The topological polar surface area (TPSA) is 91.9 Å². The first-order valence-corrected chi connectivity index (χ1v) is 5.19. The molecule has 16 heavy (non-hydrogen) atoms. The van der Waals surface area contributed by atoms with Gasteiger partial charge in [-0.3, -0.25) is 0 Å². The molecule has 0 aromatic rings. The number of nitrogens with zero attached hydrogens (tertiary/aromatic N) is 1. The van der Waals surface area contributed by atoms with Crippen molar-refractivity contribution in [3.63, 3.8) is 0 Å². The van der Waals surface area contributed by atoms with Gasteiger partial charge in [-0.1, -0.05) is 0 Å². The Labute approximate surface area is 93.3 Å². The van der Waals surface area contributed by atoms with Gasteiger partial charge in [0.05, 0.1) is 18.6 Å². The quantitative estimate of drug-likeness (QED) is 0.663. The minimum absolute atomic E-state index is 0.0927. The van der Waals surface area contributed by atoms with Crippen LogP contribution in [0.1, 0.15) is 20.3 Å². The smallest absolute Gasteiger partial charge is 0.190 e. The molecule has 0 aliphatic carbocycles. The molecule has 0 bridgehead atoms. The van der Waals surface area contributed by atoms with E-state index < -0.39 is 36.5 Å². The predicted octanol–water partition coefficient (Wildman–Crippen LogP) is -0.502. The molecular weight excluding hydrogens is 214 g/mol. The summed E-state index contributed by atoms with van der Waals surface area (Å²) in [6, 6.07) is 1.82. The number of hydrogen-bond donors (Lipinski definition) is 2. The number of fused-ring (bicyclic) bond motifs is 1. The van der Waals surface area contributed by atoms with Gasteiger partial charge in [-0.2, -0.15) is 5.26 Å². The Balaban J connectivity index is 2.03. The van der Waals surface area contributed by atoms with E-state index in [-0.39, 0.29) is 6.42 Å². The van der Waals surface area contributed by atoms with Crippen LogP contribution in [0.5, 0.6) is 0 Å². The number of ether oxygens (including phenoxy) is 3. The summed E-state index contributed by atoms with van der Waals surface area (Å²) in [5.74, 6) is -0.790. The SMILES string of the molecule is CC1(C)O[C@H]2O[C@H]([C@H](O)CC#N)[C@H](O)[C@H]2O1.